The summed E-state index contributed by atoms with van der Waals surface area (Å²) in [6.07, 6.45) is 1.47. The van der Waals surface area contributed by atoms with Crippen LogP contribution in [0.1, 0.15) is 0 Å². The van der Waals surface area contributed by atoms with E-state index in [-0.39, 0.29) is 18.0 Å². The smallest absolute Gasteiger partial charge is 0.251 e. The molecule has 0 aliphatic heterocycles. The van der Waals surface area contributed by atoms with Crippen LogP contribution in [0.25, 0.3) is 0 Å². The van der Waals surface area contributed by atoms with Crippen molar-refractivity contribution in [3.05, 3.63) is 59.0 Å². The number of anilines is 1. The monoisotopic (exact) mass is 303 g/mol. The molecular formula is C15H17N3O2S. The van der Waals surface area contributed by atoms with Gasteiger partial charge in [-0.15, -0.1) is 11.8 Å². The van der Waals surface area contributed by atoms with Crippen molar-refractivity contribution in [2.75, 3.05) is 18.0 Å². The van der Waals surface area contributed by atoms with E-state index in [9.17, 15) is 9.59 Å². The Morgan fingerprint density at radius 1 is 1.19 bits per heavy atom. The predicted octanol–water partition coefficient (Wildman–Crippen LogP) is 1.34. The van der Waals surface area contributed by atoms with Crippen molar-refractivity contribution in [3.63, 3.8) is 0 Å². The molecule has 3 N–H and O–H groups in total. The molecular weight excluding hydrogens is 286 g/mol. The van der Waals surface area contributed by atoms with Crippen molar-refractivity contribution in [2.24, 2.45) is 0 Å². The van der Waals surface area contributed by atoms with Crippen LogP contribution in [0.3, 0.4) is 0 Å². The van der Waals surface area contributed by atoms with Crippen LogP contribution in [0.4, 0.5) is 5.69 Å². The number of amides is 1. The molecule has 6 heteroatoms. The van der Waals surface area contributed by atoms with Gasteiger partial charge >= 0.3 is 0 Å². The van der Waals surface area contributed by atoms with E-state index in [1.165, 1.54) is 27.8 Å². The minimum Gasteiger partial charge on any atom is -0.398 e. The molecule has 0 unspecified atom stereocenters. The van der Waals surface area contributed by atoms with E-state index >= 15 is 0 Å². The SMILES string of the molecule is Nc1ccc(=O)n(CC(=O)NCCSc2ccccc2)c1. The number of hydrogen-bond donors (Lipinski definition) is 2. The van der Waals surface area contributed by atoms with Crippen LogP contribution in [-0.4, -0.2) is 22.8 Å². The standard InChI is InChI=1S/C15H17N3O2S/c16-12-6-7-15(20)18(10-12)11-14(19)17-8-9-21-13-4-2-1-3-5-13/h1-7,10H,8-9,11,16H2,(H,17,19). The van der Waals surface area contributed by atoms with Gasteiger partial charge in [0.25, 0.3) is 5.56 Å². The Kier molecular flexibility index (Phi) is 5.45. The molecule has 1 amide bonds. The summed E-state index contributed by atoms with van der Waals surface area (Å²) in [5, 5.41) is 2.79. The van der Waals surface area contributed by atoms with Crippen molar-refractivity contribution in [2.45, 2.75) is 11.4 Å². The molecule has 0 bridgehead atoms. The van der Waals surface area contributed by atoms with Gasteiger partial charge in [0.1, 0.15) is 6.54 Å². The number of hydrogen-bond acceptors (Lipinski definition) is 4. The van der Waals surface area contributed by atoms with Gasteiger partial charge in [-0.05, 0) is 18.2 Å². The summed E-state index contributed by atoms with van der Waals surface area (Å²) in [4.78, 5) is 24.5. The number of pyridine rings is 1. The van der Waals surface area contributed by atoms with Crippen LogP contribution in [0, 0.1) is 0 Å². The first-order chi connectivity index (χ1) is 10.1. The molecule has 0 fully saturated rings. The Morgan fingerprint density at radius 3 is 2.71 bits per heavy atom. The molecule has 1 aromatic carbocycles. The Morgan fingerprint density at radius 2 is 1.95 bits per heavy atom. The molecule has 1 aromatic heterocycles. The molecule has 110 valence electrons. The van der Waals surface area contributed by atoms with Gasteiger partial charge in [0.2, 0.25) is 5.91 Å². The molecule has 0 aliphatic rings. The fourth-order valence-corrected chi connectivity index (χ4v) is 2.55. The number of nitrogens with zero attached hydrogens (tertiary/aromatic N) is 1. The first-order valence-electron chi connectivity index (χ1n) is 6.55. The highest BCUT2D eigenvalue weighted by atomic mass is 32.2. The quantitative estimate of drug-likeness (QED) is 0.623. The third-order valence-electron chi connectivity index (χ3n) is 2.76. The minimum absolute atomic E-state index is 0.0140. The first-order valence-corrected chi connectivity index (χ1v) is 7.54. The second kappa shape index (κ2) is 7.54. The molecule has 2 rings (SSSR count). The molecule has 21 heavy (non-hydrogen) atoms. The highest BCUT2D eigenvalue weighted by molar-refractivity contribution is 7.99. The van der Waals surface area contributed by atoms with Gasteiger partial charge in [-0.3, -0.25) is 9.59 Å². The van der Waals surface area contributed by atoms with Crippen molar-refractivity contribution >= 4 is 23.4 Å². The largest absolute Gasteiger partial charge is 0.398 e. The second-order valence-corrected chi connectivity index (χ2v) is 5.61. The topological polar surface area (TPSA) is 77.1 Å². The maximum atomic E-state index is 11.8. The van der Waals surface area contributed by atoms with Crippen LogP contribution in [0.5, 0.6) is 0 Å². The lowest BCUT2D eigenvalue weighted by atomic mass is 10.4. The lowest BCUT2D eigenvalue weighted by Gasteiger charge is -2.07. The summed E-state index contributed by atoms with van der Waals surface area (Å²) < 4.78 is 1.30. The lowest BCUT2D eigenvalue weighted by molar-refractivity contribution is -0.121. The van der Waals surface area contributed by atoms with Crippen molar-refractivity contribution in [3.8, 4) is 0 Å². The van der Waals surface area contributed by atoms with E-state index in [4.69, 9.17) is 5.73 Å². The van der Waals surface area contributed by atoms with Crippen LogP contribution >= 0.6 is 11.8 Å². The van der Waals surface area contributed by atoms with Crippen LogP contribution in [0.2, 0.25) is 0 Å². The highest BCUT2D eigenvalue weighted by Gasteiger charge is 2.04. The molecule has 0 aliphatic carbocycles. The number of carbonyl (C=O) groups is 1. The summed E-state index contributed by atoms with van der Waals surface area (Å²) in [5.74, 6) is 0.582. The summed E-state index contributed by atoms with van der Waals surface area (Å²) in [6, 6.07) is 12.9. The Bertz CT molecular complexity index is 655. The lowest BCUT2D eigenvalue weighted by Crippen LogP contribution is -2.33. The zero-order valence-corrected chi connectivity index (χ0v) is 12.3. The van der Waals surface area contributed by atoms with E-state index in [1.54, 1.807) is 11.8 Å². The number of thioether (sulfide) groups is 1. The van der Waals surface area contributed by atoms with Crippen LogP contribution in [-0.2, 0) is 11.3 Å². The fourth-order valence-electron chi connectivity index (χ4n) is 1.76. The number of nitrogens with two attached hydrogens (primary N) is 1. The number of nitrogen functional groups attached to an aromatic ring is 1. The van der Waals surface area contributed by atoms with Crippen molar-refractivity contribution in [1.82, 2.24) is 9.88 Å². The second-order valence-electron chi connectivity index (χ2n) is 4.44. The van der Waals surface area contributed by atoms with E-state index in [2.05, 4.69) is 5.32 Å². The van der Waals surface area contributed by atoms with Crippen LogP contribution in [0.15, 0.2) is 58.4 Å². The maximum Gasteiger partial charge on any atom is 0.251 e. The van der Waals surface area contributed by atoms with Crippen molar-refractivity contribution in [1.29, 1.82) is 0 Å². The number of nitrogens with one attached hydrogen (secondary N) is 1. The van der Waals surface area contributed by atoms with Gasteiger partial charge in [0.05, 0.1) is 0 Å². The van der Waals surface area contributed by atoms with Gasteiger partial charge in [-0.2, -0.15) is 0 Å². The van der Waals surface area contributed by atoms with E-state index in [1.807, 2.05) is 30.3 Å². The highest BCUT2D eigenvalue weighted by Crippen LogP contribution is 2.15. The maximum absolute atomic E-state index is 11.8. The van der Waals surface area contributed by atoms with Gasteiger partial charge < -0.3 is 15.6 Å². The normalized spacial score (nSPS) is 10.3. The van der Waals surface area contributed by atoms with Gasteiger partial charge in [-0.25, -0.2) is 0 Å². The predicted molar refractivity (Wildman–Crippen MR) is 85.3 cm³/mol. The minimum atomic E-state index is -0.238. The van der Waals surface area contributed by atoms with Gasteiger partial charge in [0.15, 0.2) is 0 Å². The molecule has 0 atom stereocenters. The molecule has 1 heterocycles. The van der Waals surface area contributed by atoms with Crippen LogP contribution < -0.4 is 16.6 Å². The Hall–Kier alpha value is -2.21. The molecule has 2 aromatic rings. The zero-order valence-electron chi connectivity index (χ0n) is 11.5. The van der Waals surface area contributed by atoms with Gasteiger partial charge in [0, 0.05) is 35.1 Å². The number of benzene rings is 1. The Labute approximate surface area is 127 Å². The Balaban J connectivity index is 1.75. The van der Waals surface area contributed by atoms with E-state index in [0.29, 0.717) is 12.2 Å². The number of aromatic nitrogens is 1. The van der Waals surface area contributed by atoms with E-state index < -0.39 is 0 Å². The summed E-state index contributed by atoms with van der Waals surface area (Å²) in [5.41, 5.74) is 5.82. The number of rotatable bonds is 6. The van der Waals surface area contributed by atoms with Gasteiger partial charge in [-0.1, -0.05) is 18.2 Å². The molecule has 0 saturated carbocycles. The van der Waals surface area contributed by atoms with E-state index in [0.717, 1.165) is 5.75 Å². The summed E-state index contributed by atoms with van der Waals surface area (Å²) in [6.45, 7) is 0.537. The molecule has 0 radical (unpaired) electrons. The third-order valence-corrected chi connectivity index (χ3v) is 3.77. The third kappa shape index (κ3) is 5.00. The fraction of sp³-hybridized carbons (Fsp3) is 0.200. The zero-order chi connectivity index (χ0) is 15.1. The summed E-state index contributed by atoms with van der Waals surface area (Å²) >= 11 is 1.67. The van der Waals surface area contributed by atoms with Crippen molar-refractivity contribution < 1.29 is 4.79 Å². The molecule has 0 saturated heterocycles. The average Bonchev–Trinajstić information content (AvgIpc) is 2.48. The first kappa shape index (κ1) is 15.2. The average molecular weight is 303 g/mol. The number of carbonyl (C=O) groups excluding carboxylic acids is 1. The molecule has 5 nitrogen and oxygen atoms in total. The molecule has 0 spiro atoms. The summed E-state index contributed by atoms with van der Waals surface area (Å²) in [7, 11) is 0.